The standard InChI is InChI=1S/C19H22BrClN2O4S/c1-4-23(5-2)19(24)12-27-17-8-7-14(11-16(17)21)22-28(25,26)18-9-6-13(3)10-15(18)20/h6-11,22H,4-5,12H2,1-3H3. The lowest BCUT2D eigenvalue weighted by Crippen LogP contribution is -2.34. The molecule has 0 heterocycles. The smallest absolute Gasteiger partial charge is 0.263 e. The molecule has 0 spiro atoms. The first-order valence-electron chi connectivity index (χ1n) is 8.67. The van der Waals surface area contributed by atoms with E-state index in [2.05, 4.69) is 20.7 Å². The number of amides is 1. The van der Waals surface area contributed by atoms with E-state index in [-0.39, 0.29) is 22.4 Å². The van der Waals surface area contributed by atoms with Crippen LogP contribution >= 0.6 is 27.5 Å². The maximum atomic E-state index is 12.6. The fourth-order valence-corrected chi connectivity index (χ4v) is 5.00. The van der Waals surface area contributed by atoms with E-state index in [1.807, 2.05) is 20.8 Å². The van der Waals surface area contributed by atoms with E-state index < -0.39 is 10.0 Å². The highest BCUT2D eigenvalue weighted by Gasteiger charge is 2.19. The largest absolute Gasteiger partial charge is 0.482 e. The molecule has 0 aliphatic rings. The van der Waals surface area contributed by atoms with Crippen molar-refractivity contribution in [2.75, 3.05) is 24.4 Å². The van der Waals surface area contributed by atoms with Crippen molar-refractivity contribution >= 4 is 49.1 Å². The first kappa shape index (κ1) is 22.5. The van der Waals surface area contributed by atoms with Crippen LogP contribution in [0.5, 0.6) is 5.75 Å². The van der Waals surface area contributed by atoms with E-state index in [4.69, 9.17) is 16.3 Å². The summed E-state index contributed by atoms with van der Waals surface area (Å²) < 4.78 is 33.7. The minimum Gasteiger partial charge on any atom is -0.482 e. The van der Waals surface area contributed by atoms with Gasteiger partial charge in [0.25, 0.3) is 15.9 Å². The molecule has 0 atom stereocenters. The molecule has 1 amide bonds. The van der Waals surface area contributed by atoms with Gasteiger partial charge in [-0.15, -0.1) is 0 Å². The first-order chi connectivity index (χ1) is 13.2. The Morgan fingerprint density at radius 2 is 1.86 bits per heavy atom. The van der Waals surface area contributed by atoms with E-state index in [1.54, 1.807) is 17.0 Å². The lowest BCUT2D eigenvalue weighted by Gasteiger charge is -2.19. The Hall–Kier alpha value is -1.77. The summed E-state index contributed by atoms with van der Waals surface area (Å²) in [6.45, 7) is 6.72. The van der Waals surface area contributed by atoms with Crippen LogP contribution in [-0.4, -0.2) is 38.9 Å². The SMILES string of the molecule is CCN(CC)C(=O)COc1ccc(NS(=O)(=O)c2ccc(C)cc2Br)cc1Cl. The van der Waals surface area contributed by atoms with Gasteiger partial charge in [0.1, 0.15) is 10.6 Å². The molecule has 2 aromatic carbocycles. The maximum Gasteiger partial charge on any atom is 0.263 e. The molecule has 0 aliphatic carbocycles. The van der Waals surface area contributed by atoms with Crippen LogP contribution in [0.1, 0.15) is 19.4 Å². The number of hydrogen-bond acceptors (Lipinski definition) is 4. The van der Waals surface area contributed by atoms with Crippen molar-refractivity contribution in [3.05, 3.63) is 51.5 Å². The Balaban J connectivity index is 2.12. The molecule has 0 aromatic heterocycles. The highest BCUT2D eigenvalue weighted by atomic mass is 79.9. The van der Waals surface area contributed by atoms with Crippen molar-refractivity contribution < 1.29 is 17.9 Å². The molecular weight excluding hydrogens is 468 g/mol. The maximum absolute atomic E-state index is 12.6. The number of anilines is 1. The zero-order chi connectivity index (χ0) is 20.9. The zero-order valence-electron chi connectivity index (χ0n) is 15.8. The molecule has 2 rings (SSSR count). The van der Waals surface area contributed by atoms with Crippen molar-refractivity contribution in [3.63, 3.8) is 0 Å². The van der Waals surface area contributed by atoms with Gasteiger partial charge in [-0.05, 0) is 72.6 Å². The molecule has 0 bridgehead atoms. The monoisotopic (exact) mass is 488 g/mol. The normalized spacial score (nSPS) is 11.2. The van der Waals surface area contributed by atoms with E-state index >= 15 is 0 Å². The molecular formula is C19H22BrClN2O4S. The molecule has 28 heavy (non-hydrogen) atoms. The average Bonchev–Trinajstić information content (AvgIpc) is 2.61. The van der Waals surface area contributed by atoms with Gasteiger partial charge in [-0.3, -0.25) is 9.52 Å². The molecule has 0 saturated heterocycles. The Kier molecular flexibility index (Phi) is 7.74. The number of ether oxygens (including phenoxy) is 1. The second-order valence-electron chi connectivity index (χ2n) is 6.04. The Bertz CT molecular complexity index is 962. The molecule has 2 aromatic rings. The highest BCUT2D eigenvalue weighted by Crippen LogP contribution is 2.30. The summed E-state index contributed by atoms with van der Waals surface area (Å²) in [6, 6.07) is 9.47. The van der Waals surface area contributed by atoms with Crippen molar-refractivity contribution in [1.29, 1.82) is 0 Å². The summed E-state index contributed by atoms with van der Waals surface area (Å²) in [5, 5.41) is 0.204. The van der Waals surface area contributed by atoms with Crippen molar-refractivity contribution in [2.45, 2.75) is 25.7 Å². The van der Waals surface area contributed by atoms with Gasteiger partial charge in [0, 0.05) is 17.6 Å². The third kappa shape index (κ3) is 5.62. The summed E-state index contributed by atoms with van der Waals surface area (Å²) >= 11 is 9.47. The van der Waals surface area contributed by atoms with Gasteiger partial charge >= 0.3 is 0 Å². The molecule has 6 nitrogen and oxygen atoms in total. The van der Waals surface area contributed by atoms with Gasteiger partial charge in [-0.2, -0.15) is 0 Å². The molecule has 152 valence electrons. The molecule has 0 radical (unpaired) electrons. The fourth-order valence-electron chi connectivity index (χ4n) is 2.52. The van der Waals surface area contributed by atoms with E-state index in [0.717, 1.165) is 5.56 Å². The van der Waals surface area contributed by atoms with Crippen LogP contribution in [0.2, 0.25) is 5.02 Å². The summed E-state index contributed by atoms with van der Waals surface area (Å²) in [4.78, 5) is 13.8. The van der Waals surface area contributed by atoms with Crippen LogP contribution in [0.15, 0.2) is 45.8 Å². The first-order valence-corrected chi connectivity index (χ1v) is 11.3. The molecule has 0 aliphatic heterocycles. The van der Waals surface area contributed by atoms with Crippen molar-refractivity contribution in [3.8, 4) is 5.75 Å². The molecule has 0 fully saturated rings. The van der Waals surface area contributed by atoms with Crippen molar-refractivity contribution in [1.82, 2.24) is 4.90 Å². The number of benzene rings is 2. The van der Waals surface area contributed by atoms with Gasteiger partial charge in [-0.25, -0.2) is 8.42 Å². The number of hydrogen-bond donors (Lipinski definition) is 1. The van der Waals surface area contributed by atoms with Crippen LogP contribution in [-0.2, 0) is 14.8 Å². The lowest BCUT2D eigenvalue weighted by atomic mass is 10.2. The summed E-state index contributed by atoms with van der Waals surface area (Å²) in [5.41, 5.74) is 1.23. The van der Waals surface area contributed by atoms with E-state index in [0.29, 0.717) is 29.0 Å². The lowest BCUT2D eigenvalue weighted by molar-refractivity contribution is -0.132. The third-order valence-electron chi connectivity index (χ3n) is 4.03. The highest BCUT2D eigenvalue weighted by molar-refractivity contribution is 9.10. The molecule has 1 N–H and O–H groups in total. The van der Waals surface area contributed by atoms with Crippen LogP contribution in [0.25, 0.3) is 0 Å². The number of sulfonamides is 1. The summed E-state index contributed by atoms with van der Waals surface area (Å²) in [5.74, 6) is 0.164. The third-order valence-corrected chi connectivity index (χ3v) is 6.68. The van der Waals surface area contributed by atoms with Gasteiger partial charge in [0.2, 0.25) is 0 Å². The van der Waals surface area contributed by atoms with Crippen LogP contribution in [0.4, 0.5) is 5.69 Å². The number of nitrogens with zero attached hydrogens (tertiary/aromatic N) is 1. The quantitative estimate of drug-likeness (QED) is 0.594. The van der Waals surface area contributed by atoms with Crippen LogP contribution < -0.4 is 9.46 Å². The summed E-state index contributed by atoms with van der Waals surface area (Å²) in [7, 11) is -3.79. The number of halogens is 2. The number of rotatable bonds is 8. The number of likely N-dealkylation sites (N-methyl/N-ethyl adjacent to an activating group) is 1. The fraction of sp³-hybridized carbons (Fsp3) is 0.316. The van der Waals surface area contributed by atoms with E-state index in [1.165, 1.54) is 24.3 Å². The topological polar surface area (TPSA) is 75.7 Å². The van der Waals surface area contributed by atoms with Gasteiger partial charge < -0.3 is 9.64 Å². The van der Waals surface area contributed by atoms with Gasteiger partial charge in [0.05, 0.1) is 10.7 Å². The number of nitrogens with one attached hydrogen (secondary N) is 1. The Morgan fingerprint density at radius 1 is 1.18 bits per heavy atom. The van der Waals surface area contributed by atoms with Crippen molar-refractivity contribution in [2.24, 2.45) is 0 Å². The predicted molar refractivity (Wildman–Crippen MR) is 115 cm³/mol. The molecule has 0 unspecified atom stereocenters. The molecule has 0 saturated carbocycles. The average molecular weight is 490 g/mol. The Labute approximate surface area is 179 Å². The van der Waals surface area contributed by atoms with Gasteiger partial charge in [-0.1, -0.05) is 17.7 Å². The minimum atomic E-state index is -3.79. The number of carbonyl (C=O) groups is 1. The van der Waals surface area contributed by atoms with Crippen LogP contribution in [0.3, 0.4) is 0 Å². The second kappa shape index (κ2) is 9.62. The van der Waals surface area contributed by atoms with Crippen LogP contribution in [0, 0.1) is 6.92 Å². The molecule has 9 heteroatoms. The Morgan fingerprint density at radius 3 is 2.43 bits per heavy atom. The minimum absolute atomic E-state index is 0.124. The predicted octanol–water partition coefficient (Wildman–Crippen LogP) is 4.46. The second-order valence-corrected chi connectivity index (χ2v) is 8.95. The number of carbonyl (C=O) groups excluding carboxylic acids is 1. The zero-order valence-corrected chi connectivity index (χ0v) is 19.0. The van der Waals surface area contributed by atoms with Gasteiger partial charge in [0.15, 0.2) is 6.61 Å². The number of aryl methyl sites for hydroxylation is 1. The van der Waals surface area contributed by atoms with E-state index in [9.17, 15) is 13.2 Å². The summed E-state index contributed by atoms with van der Waals surface area (Å²) in [6.07, 6.45) is 0.